The number of aliphatic imine (C=N–C) groups is 1. The van der Waals surface area contributed by atoms with Crippen molar-refractivity contribution in [2.45, 2.75) is 81.2 Å². The van der Waals surface area contributed by atoms with E-state index in [9.17, 15) is 0 Å². The average molecular weight is 354 g/mol. The van der Waals surface area contributed by atoms with Crippen molar-refractivity contribution in [3.05, 3.63) is 23.2 Å². The maximum absolute atomic E-state index is 4.39. The van der Waals surface area contributed by atoms with E-state index in [1.54, 1.807) is 0 Å². The summed E-state index contributed by atoms with van der Waals surface area (Å²) in [5.41, 5.74) is 2.31. The van der Waals surface area contributed by atoms with Crippen molar-refractivity contribution in [1.82, 2.24) is 4.90 Å². The Labute approximate surface area is 152 Å². The number of rotatable bonds is 1. The van der Waals surface area contributed by atoms with Crippen LogP contribution in [0.5, 0.6) is 0 Å². The molecule has 1 aliphatic rings. The second-order valence-electron chi connectivity index (χ2n) is 5.25. The third-order valence-electron chi connectivity index (χ3n) is 1.87. The van der Waals surface area contributed by atoms with Gasteiger partial charge in [0.15, 0.2) is 0 Å². The van der Waals surface area contributed by atoms with Crippen LogP contribution in [0.4, 0.5) is 0 Å². The van der Waals surface area contributed by atoms with Gasteiger partial charge in [0.1, 0.15) is 0 Å². The first-order chi connectivity index (χ1) is 8.85. The molecule has 0 aromatic rings. The van der Waals surface area contributed by atoms with Gasteiger partial charge in [-0.15, -0.1) is 5.57 Å². The Kier molecular flexibility index (Phi) is 19.3. The Balaban J connectivity index is -0.000000356. The molecule has 1 radical (unpaired) electrons. The van der Waals surface area contributed by atoms with E-state index in [-0.39, 0.29) is 32.7 Å². The molecule has 0 unspecified atom stereocenters. The number of hydrogen-bond acceptors (Lipinski definition) is 2. The van der Waals surface area contributed by atoms with Gasteiger partial charge in [0.05, 0.1) is 0 Å². The summed E-state index contributed by atoms with van der Waals surface area (Å²) in [5, 5.41) is 0. The van der Waals surface area contributed by atoms with Gasteiger partial charge < -0.3 is 9.89 Å². The van der Waals surface area contributed by atoms with E-state index >= 15 is 0 Å². The van der Waals surface area contributed by atoms with E-state index in [1.807, 2.05) is 13.1 Å². The summed E-state index contributed by atoms with van der Waals surface area (Å²) in [6.07, 6.45) is 7.65. The molecule has 0 aromatic carbocycles. The molecule has 0 fully saturated rings. The molecule has 1 heterocycles. The van der Waals surface area contributed by atoms with Gasteiger partial charge in [-0.25, -0.2) is 0 Å². The molecule has 3 heteroatoms. The molecule has 0 bridgehead atoms. The van der Waals surface area contributed by atoms with E-state index in [2.05, 4.69) is 71.5 Å². The van der Waals surface area contributed by atoms with Crippen LogP contribution in [0.2, 0.25) is 0 Å². The molecule has 2 nitrogen and oxygen atoms in total. The van der Waals surface area contributed by atoms with Crippen molar-refractivity contribution in [3.63, 3.8) is 0 Å². The first-order valence-electron chi connectivity index (χ1n) is 7.46. The van der Waals surface area contributed by atoms with Gasteiger partial charge in [0.25, 0.3) is 0 Å². The van der Waals surface area contributed by atoms with Crippen LogP contribution in [0.3, 0.4) is 0 Å². The zero-order chi connectivity index (χ0) is 15.4. The fourth-order valence-electron chi connectivity index (χ4n) is 1.24. The summed E-state index contributed by atoms with van der Waals surface area (Å²) in [7, 11) is 0. The van der Waals surface area contributed by atoms with Crippen LogP contribution >= 0.6 is 0 Å². The average Bonchev–Trinajstić information content (AvgIpc) is 2.30. The Bertz CT molecular complexity index is 309. The van der Waals surface area contributed by atoms with Gasteiger partial charge in [-0.05, 0) is 13.8 Å². The summed E-state index contributed by atoms with van der Waals surface area (Å²) in [5.74, 6) is 1.03. The molecule has 0 aromatic heterocycles. The molecule has 1 rings (SSSR count). The largest absolute Gasteiger partial charge is 0.438 e. The van der Waals surface area contributed by atoms with Gasteiger partial charge in [-0.2, -0.15) is 0 Å². The van der Waals surface area contributed by atoms with Crippen molar-refractivity contribution >= 4 is 6.21 Å². The minimum Gasteiger partial charge on any atom is -0.438 e. The topological polar surface area (TPSA) is 15.6 Å². The normalized spacial score (nSPS) is 12.6. The fraction of sp³-hybridized carbons (Fsp3) is 0.706. The fourth-order valence-corrected chi connectivity index (χ4v) is 1.24. The van der Waals surface area contributed by atoms with E-state index < -0.39 is 0 Å². The molecule has 0 N–H and O–H groups in total. The molecule has 0 spiro atoms. The summed E-state index contributed by atoms with van der Waals surface area (Å²) in [4.78, 5) is 6.48. The van der Waals surface area contributed by atoms with Crippen LogP contribution in [0.15, 0.2) is 22.0 Å². The second-order valence-corrected chi connectivity index (χ2v) is 5.25. The van der Waals surface area contributed by atoms with Crippen molar-refractivity contribution in [2.75, 3.05) is 0 Å². The predicted octanol–water partition coefficient (Wildman–Crippen LogP) is 5.57. The van der Waals surface area contributed by atoms with Gasteiger partial charge in [-0.3, -0.25) is 0 Å². The summed E-state index contributed by atoms with van der Waals surface area (Å²) < 4.78 is 0. The van der Waals surface area contributed by atoms with Crippen LogP contribution in [-0.2, 0) is 32.7 Å². The van der Waals surface area contributed by atoms with Crippen molar-refractivity contribution in [1.29, 1.82) is 0 Å². The second kappa shape index (κ2) is 15.4. The molecule has 1 aliphatic heterocycles. The first kappa shape index (κ1) is 25.0. The number of nitrogens with zero attached hydrogens (tertiary/aromatic N) is 2. The Morgan fingerprint density at radius 3 is 1.85 bits per heavy atom. The maximum atomic E-state index is 4.39. The SMILES string of the molecule is CC1=[C-]N(C(C)C)C(=C(C)C)N=C1.CCC.CCC.[Y]. The van der Waals surface area contributed by atoms with Crippen LogP contribution < -0.4 is 0 Å². The monoisotopic (exact) mass is 354 g/mol. The maximum Gasteiger partial charge on any atom is 0.0181 e. The molecule has 0 saturated carbocycles. The smallest absolute Gasteiger partial charge is 0.0181 e. The quantitative estimate of drug-likeness (QED) is 0.562. The van der Waals surface area contributed by atoms with Crippen LogP contribution in [0.25, 0.3) is 0 Å². The molecule has 0 saturated heterocycles. The number of hydrogen-bond donors (Lipinski definition) is 0. The van der Waals surface area contributed by atoms with Crippen LogP contribution in [-0.4, -0.2) is 17.2 Å². The molecule has 0 aliphatic carbocycles. The molecular weight excluding hydrogens is 321 g/mol. The minimum absolute atomic E-state index is 0. The Morgan fingerprint density at radius 2 is 1.55 bits per heavy atom. The van der Waals surface area contributed by atoms with Crippen LogP contribution in [0.1, 0.15) is 75.2 Å². The van der Waals surface area contributed by atoms with Gasteiger partial charge in [-0.1, -0.05) is 79.3 Å². The zero-order valence-corrected chi connectivity index (χ0v) is 17.9. The van der Waals surface area contributed by atoms with Gasteiger partial charge >= 0.3 is 0 Å². The zero-order valence-electron chi connectivity index (χ0n) is 15.0. The molecule has 115 valence electrons. The van der Waals surface area contributed by atoms with Crippen molar-refractivity contribution in [3.8, 4) is 0 Å². The molecular formula is C17H33N2Y-. The van der Waals surface area contributed by atoms with Crippen LogP contribution in [0, 0.1) is 6.20 Å². The summed E-state index contributed by atoms with van der Waals surface area (Å²) >= 11 is 0. The standard InChI is InChI=1S/C11H17N2.2C3H8.Y/c1-8(2)11-12-6-10(5)7-13(11)9(3)4;2*1-3-2;/h6,9H,1-5H3;2*3H2,1-2H3;/q-1;;;. The van der Waals surface area contributed by atoms with Crippen molar-refractivity contribution < 1.29 is 32.7 Å². The van der Waals surface area contributed by atoms with E-state index in [1.165, 1.54) is 18.4 Å². The predicted molar refractivity (Wildman–Crippen MR) is 88.2 cm³/mol. The Hall–Kier alpha value is 0.0539. The first-order valence-corrected chi connectivity index (χ1v) is 7.46. The van der Waals surface area contributed by atoms with E-state index in [4.69, 9.17) is 0 Å². The summed E-state index contributed by atoms with van der Waals surface area (Å²) in [6, 6.07) is 0.414. The Morgan fingerprint density at radius 1 is 1.15 bits per heavy atom. The van der Waals surface area contributed by atoms with Gasteiger partial charge in [0.2, 0.25) is 0 Å². The van der Waals surface area contributed by atoms with E-state index in [0.717, 1.165) is 11.4 Å². The minimum atomic E-state index is 0. The van der Waals surface area contributed by atoms with Gasteiger partial charge in [0, 0.05) is 44.6 Å². The van der Waals surface area contributed by atoms with E-state index in [0.29, 0.717) is 6.04 Å². The number of allylic oxidation sites excluding steroid dienone is 2. The van der Waals surface area contributed by atoms with Crippen molar-refractivity contribution in [2.24, 2.45) is 4.99 Å². The molecule has 0 atom stereocenters. The third kappa shape index (κ3) is 11.8. The summed E-state index contributed by atoms with van der Waals surface area (Å²) in [6.45, 7) is 18.9. The molecule has 20 heavy (non-hydrogen) atoms. The molecule has 0 amide bonds. The third-order valence-corrected chi connectivity index (χ3v) is 1.87.